The number of nitrogens with zero attached hydrogens (tertiary/aromatic N) is 3. The van der Waals surface area contributed by atoms with Gasteiger partial charge in [-0.2, -0.15) is 4.98 Å². The van der Waals surface area contributed by atoms with Crippen molar-refractivity contribution < 1.29 is 14.6 Å². The number of aromatic nitrogens is 3. The van der Waals surface area contributed by atoms with Gasteiger partial charge in [-0.1, -0.05) is 12.1 Å². The van der Waals surface area contributed by atoms with Crippen LogP contribution < -0.4 is 10.1 Å². The average Bonchev–Trinajstić information content (AvgIpc) is 3.17. The van der Waals surface area contributed by atoms with E-state index in [0.717, 1.165) is 41.0 Å². The maximum Gasteiger partial charge on any atom is 0.226 e. The number of nitrogens with one attached hydrogen (secondary N) is 1. The number of Topliss-reactive ketones (excluding diaryl/α,β-unsaturated/α-hetero) is 1. The number of phenols is 1. The van der Waals surface area contributed by atoms with Gasteiger partial charge in [-0.15, -0.1) is 5.10 Å². The van der Waals surface area contributed by atoms with Gasteiger partial charge in [-0.3, -0.25) is 4.79 Å². The van der Waals surface area contributed by atoms with Crippen LogP contribution >= 0.6 is 0 Å². The first kappa shape index (κ1) is 17.5. The molecule has 0 amide bonds. The number of aromatic hydroxyl groups is 1. The number of hydrogen-bond donors (Lipinski definition) is 2. The molecule has 1 unspecified atom stereocenters. The summed E-state index contributed by atoms with van der Waals surface area (Å²) in [6, 6.07) is 14.1. The fourth-order valence-electron chi connectivity index (χ4n) is 3.98. The van der Waals surface area contributed by atoms with Crippen molar-refractivity contribution in [1.82, 2.24) is 14.8 Å². The van der Waals surface area contributed by atoms with Gasteiger partial charge in [0, 0.05) is 23.3 Å². The predicted molar refractivity (Wildman–Crippen MR) is 108 cm³/mol. The van der Waals surface area contributed by atoms with Crippen LogP contribution in [-0.2, 0) is 4.79 Å². The van der Waals surface area contributed by atoms with Crippen molar-refractivity contribution >= 4 is 11.7 Å². The second kappa shape index (κ2) is 6.77. The molecule has 1 aliphatic heterocycles. The van der Waals surface area contributed by atoms with Crippen molar-refractivity contribution in [2.75, 3.05) is 12.4 Å². The molecule has 0 bridgehead atoms. The number of hydrogen-bond acceptors (Lipinski definition) is 6. The van der Waals surface area contributed by atoms with E-state index in [1.54, 1.807) is 36.1 Å². The lowest BCUT2D eigenvalue weighted by molar-refractivity contribution is -0.116. The van der Waals surface area contributed by atoms with E-state index in [1.165, 1.54) is 0 Å². The topological polar surface area (TPSA) is 89.3 Å². The van der Waals surface area contributed by atoms with Crippen molar-refractivity contribution in [3.05, 3.63) is 65.4 Å². The molecule has 3 aromatic rings. The van der Waals surface area contributed by atoms with Crippen LogP contribution in [0.15, 0.2) is 59.8 Å². The normalized spacial score (nSPS) is 18.1. The highest BCUT2D eigenvalue weighted by molar-refractivity contribution is 5.99. The zero-order chi connectivity index (χ0) is 20.0. The van der Waals surface area contributed by atoms with Crippen LogP contribution in [0.1, 0.15) is 30.9 Å². The molecule has 7 heteroatoms. The standard InChI is InChI=1S/C22H20N4O3/c1-29-16-11-7-13(8-12-16)20-19-17(3-2-4-18(19)28)23-22-24-21(25-26(20)22)14-5-9-15(27)10-6-14/h5-12,20,27H,2-4H2,1H3,(H,23,24,25). The summed E-state index contributed by atoms with van der Waals surface area (Å²) < 4.78 is 7.06. The lowest BCUT2D eigenvalue weighted by atomic mass is 9.85. The SMILES string of the molecule is COc1ccc(C2C3=C(CCCC3=O)Nc3nc(-c4ccc(O)cc4)nn32)cc1. The minimum absolute atomic E-state index is 0.145. The summed E-state index contributed by atoms with van der Waals surface area (Å²) in [4.78, 5) is 17.5. The van der Waals surface area contributed by atoms with E-state index in [0.29, 0.717) is 18.2 Å². The number of anilines is 1. The van der Waals surface area contributed by atoms with Crippen molar-refractivity contribution in [3.8, 4) is 22.9 Å². The van der Waals surface area contributed by atoms with E-state index in [2.05, 4.69) is 10.3 Å². The van der Waals surface area contributed by atoms with E-state index in [4.69, 9.17) is 9.84 Å². The van der Waals surface area contributed by atoms with Crippen LogP contribution in [0.5, 0.6) is 11.5 Å². The zero-order valence-corrected chi connectivity index (χ0v) is 15.9. The molecule has 2 aromatic carbocycles. The Morgan fingerprint density at radius 2 is 1.86 bits per heavy atom. The second-order valence-corrected chi connectivity index (χ2v) is 7.22. The van der Waals surface area contributed by atoms with E-state index >= 15 is 0 Å². The van der Waals surface area contributed by atoms with Gasteiger partial charge in [0.2, 0.25) is 5.95 Å². The molecule has 2 heterocycles. The van der Waals surface area contributed by atoms with E-state index in [1.807, 2.05) is 24.3 Å². The summed E-state index contributed by atoms with van der Waals surface area (Å²) >= 11 is 0. The summed E-state index contributed by atoms with van der Waals surface area (Å²) in [5, 5.41) is 17.6. The number of fused-ring (bicyclic) bond motifs is 1. The molecular weight excluding hydrogens is 368 g/mol. The maximum absolute atomic E-state index is 12.8. The Kier molecular flexibility index (Phi) is 4.08. The quantitative estimate of drug-likeness (QED) is 0.711. The Labute approximate surface area is 167 Å². The van der Waals surface area contributed by atoms with Crippen molar-refractivity contribution in [2.45, 2.75) is 25.3 Å². The van der Waals surface area contributed by atoms with Crippen LogP contribution in [0.2, 0.25) is 0 Å². The largest absolute Gasteiger partial charge is 0.508 e. The first-order chi connectivity index (χ1) is 14.1. The Morgan fingerprint density at radius 3 is 2.59 bits per heavy atom. The van der Waals surface area contributed by atoms with Gasteiger partial charge in [0.15, 0.2) is 11.6 Å². The molecule has 7 nitrogen and oxygen atoms in total. The molecule has 5 rings (SSSR count). The van der Waals surface area contributed by atoms with Crippen LogP contribution in [0.3, 0.4) is 0 Å². The first-order valence-electron chi connectivity index (χ1n) is 9.57. The summed E-state index contributed by atoms with van der Waals surface area (Å²) in [5.74, 6) is 2.25. The van der Waals surface area contributed by atoms with Crippen LogP contribution in [0, 0.1) is 0 Å². The smallest absolute Gasteiger partial charge is 0.226 e. The highest BCUT2D eigenvalue weighted by Crippen LogP contribution is 2.41. The number of benzene rings is 2. The highest BCUT2D eigenvalue weighted by atomic mass is 16.5. The number of ether oxygens (including phenoxy) is 1. The van der Waals surface area contributed by atoms with Gasteiger partial charge in [-0.05, 0) is 54.8 Å². The molecule has 2 aliphatic rings. The third-order valence-electron chi connectivity index (χ3n) is 5.43. The molecule has 1 atom stereocenters. The van der Waals surface area contributed by atoms with Crippen molar-refractivity contribution in [1.29, 1.82) is 0 Å². The Balaban J connectivity index is 1.65. The van der Waals surface area contributed by atoms with Crippen LogP contribution in [0.25, 0.3) is 11.4 Å². The number of rotatable bonds is 3. The monoisotopic (exact) mass is 388 g/mol. The lowest BCUT2D eigenvalue weighted by Gasteiger charge is -2.32. The van der Waals surface area contributed by atoms with Gasteiger partial charge in [0.05, 0.1) is 7.11 Å². The third-order valence-corrected chi connectivity index (χ3v) is 5.43. The molecule has 1 aliphatic carbocycles. The van der Waals surface area contributed by atoms with Gasteiger partial charge < -0.3 is 15.2 Å². The van der Waals surface area contributed by atoms with Crippen LogP contribution in [0.4, 0.5) is 5.95 Å². The Hall–Kier alpha value is -3.61. The molecule has 0 saturated heterocycles. The minimum Gasteiger partial charge on any atom is -0.508 e. The first-order valence-corrected chi connectivity index (χ1v) is 9.57. The molecule has 2 N–H and O–H groups in total. The van der Waals surface area contributed by atoms with Gasteiger partial charge in [-0.25, -0.2) is 4.68 Å². The molecule has 0 fully saturated rings. The Bertz CT molecular complexity index is 1110. The number of carbonyl (C=O) groups excluding carboxylic acids is 1. The molecular formula is C22H20N4O3. The maximum atomic E-state index is 12.8. The number of methoxy groups -OCH3 is 1. The summed E-state index contributed by atoms with van der Waals surface area (Å²) in [5.41, 5.74) is 3.44. The molecule has 0 radical (unpaired) electrons. The lowest BCUT2D eigenvalue weighted by Crippen LogP contribution is -2.31. The molecule has 146 valence electrons. The van der Waals surface area contributed by atoms with E-state index in [9.17, 15) is 9.90 Å². The molecule has 29 heavy (non-hydrogen) atoms. The fraction of sp³-hybridized carbons (Fsp3) is 0.227. The molecule has 0 spiro atoms. The van der Waals surface area contributed by atoms with Crippen molar-refractivity contribution in [3.63, 3.8) is 0 Å². The number of phenolic OH excluding ortho intramolecular Hbond substituents is 1. The molecule has 0 saturated carbocycles. The molecule has 1 aromatic heterocycles. The van der Waals surface area contributed by atoms with E-state index < -0.39 is 0 Å². The van der Waals surface area contributed by atoms with Gasteiger partial charge in [0.25, 0.3) is 0 Å². The zero-order valence-electron chi connectivity index (χ0n) is 15.9. The van der Waals surface area contributed by atoms with Gasteiger partial charge in [0.1, 0.15) is 17.5 Å². The van der Waals surface area contributed by atoms with Crippen molar-refractivity contribution in [2.24, 2.45) is 0 Å². The highest BCUT2D eigenvalue weighted by Gasteiger charge is 2.36. The Morgan fingerprint density at radius 1 is 1.10 bits per heavy atom. The minimum atomic E-state index is -0.335. The van der Waals surface area contributed by atoms with Gasteiger partial charge >= 0.3 is 0 Å². The van der Waals surface area contributed by atoms with Crippen LogP contribution in [-0.4, -0.2) is 32.8 Å². The predicted octanol–water partition coefficient (Wildman–Crippen LogP) is 3.68. The fourth-order valence-corrected chi connectivity index (χ4v) is 3.98. The van der Waals surface area contributed by atoms with E-state index in [-0.39, 0.29) is 17.6 Å². The summed E-state index contributed by atoms with van der Waals surface area (Å²) in [7, 11) is 1.63. The summed E-state index contributed by atoms with van der Waals surface area (Å²) in [6.45, 7) is 0. The average molecular weight is 388 g/mol. The summed E-state index contributed by atoms with van der Waals surface area (Å²) in [6.07, 6.45) is 2.19. The number of ketones is 1. The number of carbonyl (C=O) groups is 1. The number of allylic oxidation sites excluding steroid dienone is 2. The second-order valence-electron chi connectivity index (χ2n) is 7.22. The third kappa shape index (κ3) is 2.95.